The zero-order valence-corrected chi connectivity index (χ0v) is 18.5. The van der Waals surface area contributed by atoms with Crippen molar-refractivity contribution < 1.29 is 9.53 Å². The van der Waals surface area contributed by atoms with Gasteiger partial charge in [-0.25, -0.2) is 4.98 Å². The average Bonchev–Trinajstić information content (AvgIpc) is 3.00. The highest BCUT2D eigenvalue weighted by Crippen LogP contribution is 2.46. The topological polar surface area (TPSA) is 55.3 Å². The number of nitrogens with zero attached hydrogens (tertiary/aromatic N) is 3. The molecule has 1 aliphatic carbocycles. The molecule has 3 aromatic rings. The van der Waals surface area contributed by atoms with Crippen molar-refractivity contribution in [2.24, 2.45) is 0 Å². The fourth-order valence-electron chi connectivity index (χ4n) is 5.57. The molecule has 5 rings (SSSR count). The van der Waals surface area contributed by atoms with Crippen LogP contribution in [0.25, 0.3) is 10.9 Å². The smallest absolute Gasteiger partial charge is 0.255 e. The van der Waals surface area contributed by atoms with Gasteiger partial charge >= 0.3 is 0 Å². The van der Waals surface area contributed by atoms with Gasteiger partial charge in [0.1, 0.15) is 0 Å². The van der Waals surface area contributed by atoms with Gasteiger partial charge < -0.3 is 9.64 Å². The number of aromatic nitrogens is 2. The first-order valence-electron chi connectivity index (χ1n) is 11.2. The lowest BCUT2D eigenvalue weighted by molar-refractivity contribution is 0.0401. The number of pyridine rings is 2. The summed E-state index contributed by atoms with van der Waals surface area (Å²) in [6.07, 6.45) is 10.3. The summed E-state index contributed by atoms with van der Waals surface area (Å²) in [5.74, 6) is 0.762. The molecule has 2 aliphatic rings. The molecule has 160 valence electrons. The molecule has 0 radical (unpaired) electrons. The molecule has 5 nitrogen and oxygen atoms in total. The molecule has 0 atom stereocenters. The van der Waals surface area contributed by atoms with Crippen LogP contribution in [-0.2, 0) is 12.0 Å². The van der Waals surface area contributed by atoms with Gasteiger partial charge in [0, 0.05) is 41.0 Å². The Hall–Kier alpha value is -2.95. The molecule has 1 aromatic carbocycles. The van der Waals surface area contributed by atoms with Crippen molar-refractivity contribution in [3.8, 4) is 5.88 Å². The Morgan fingerprint density at radius 1 is 1.13 bits per heavy atom. The lowest BCUT2D eigenvalue weighted by Gasteiger charge is -2.41. The summed E-state index contributed by atoms with van der Waals surface area (Å²) in [7, 11) is 1.62. The molecule has 0 unspecified atom stereocenters. The molecule has 0 N–H and O–H groups in total. The molecule has 0 bridgehead atoms. The number of ether oxygens (including phenoxy) is 1. The second-order valence-electron chi connectivity index (χ2n) is 9.27. The first-order valence-corrected chi connectivity index (χ1v) is 11.2. The van der Waals surface area contributed by atoms with Gasteiger partial charge in [-0.05, 0) is 56.4 Å². The van der Waals surface area contributed by atoms with E-state index in [1.807, 2.05) is 30.6 Å². The fourth-order valence-corrected chi connectivity index (χ4v) is 5.57. The predicted octanol–water partition coefficient (Wildman–Crippen LogP) is 5.25. The first-order chi connectivity index (χ1) is 15.0. The molecule has 1 saturated carbocycles. The molecule has 3 heterocycles. The molecular formula is C26H29N3O2. The lowest BCUT2D eigenvalue weighted by atomic mass is 9.86. The number of fused-ring (bicyclic) bond motifs is 3. The van der Waals surface area contributed by atoms with E-state index in [9.17, 15) is 4.79 Å². The summed E-state index contributed by atoms with van der Waals surface area (Å²) in [5, 5.41) is 1.11. The molecule has 0 spiro atoms. The van der Waals surface area contributed by atoms with Crippen molar-refractivity contribution in [3.63, 3.8) is 0 Å². The maximum absolute atomic E-state index is 13.7. The second kappa shape index (κ2) is 7.63. The summed E-state index contributed by atoms with van der Waals surface area (Å²) in [4.78, 5) is 25.0. The van der Waals surface area contributed by atoms with E-state index >= 15 is 0 Å². The molecule has 1 fully saturated rings. The third-order valence-electron chi connectivity index (χ3n) is 6.98. The van der Waals surface area contributed by atoms with Crippen molar-refractivity contribution in [1.29, 1.82) is 0 Å². The van der Waals surface area contributed by atoms with Gasteiger partial charge in [-0.1, -0.05) is 31.4 Å². The van der Waals surface area contributed by atoms with Crippen LogP contribution in [0.3, 0.4) is 0 Å². The van der Waals surface area contributed by atoms with Gasteiger partial charge in [-0.3, -0.25) is 9.78 Å². The van der Waals surface area contributed by atoms with Crippen molar-refractivity contribution in [3.05, 3.63) is 65.0 Å². The van der Waals surface area contributed by atoms with Crippen LogP contribution < -0.4 is 4.74 Å². The van der Waals surface area contributed by atoms with Gasteiger partial charge in [0.05, 0.1) is 18.2 Å². The van der Waals surface area contributed by atoms with E-state index in [-0.39, 0.29) is 11.4 Å². The minimum atomic E-state index is -0.360. The monoisotopic (exact) mass is 415 g/mol. The number of carbonyl (C=O) groups excluding carboxylic acids is 1. The zero-order valence-electron chi connectivity index (χ0n) is 18.5. The van der Waals surface area contributed by atoms with E-state index in [2.05, 4.69) is 35.9 Å². The van der Waals surface area contributed by atoms with E-state index in [0.717, 1.165) is 46.0 Å². The molecular weight excluding hydrogens is 386 g/mol. The van der Waals surface area contributed by atoms with Gasteiger partial charge in [-0.2, -0.15) is 0 Å². The molecule has 1 aliphatic heterocycles. The van der Waals surface area contributed by atoms with Crippen LogP contribution in [0, 0.1) is 0 Å². The van der Waals surface area contributed by atoms with Crippen LogP contribution >= 0.6 is 0 Å². The van der Waals surface area contributed by atoms with Gasteiger partial charge in [0.25, 0.3) is 5.91 Å². The Balaban J connectivity index is 1.62. The number of methoxy groups -OCH3 is 1. The number of carbonyl (C=O) groups is 1. The quantitative estimate of drug-likeness (QED) is 0.584. The number of benzene rings is 1. The molecule has 31 heavy (non-hydrogen) atoms. The fraction of sp³-hybridized carbons (Fsp3) is 0.423. The Kier molecular flexibility index (Phi) is 4.92. The standard InChI is InChI=1S/C26H29N3O2/c1-26(2)23-21(25(30)29(26)19-8-5-4-6-9-19)15-18(20-10-7-13-27-24(20)23)14-17-11-12-22(31-3)28-16-17/h7,10-13,15-16,19H,4-6,8-9,14H2,1-3H3. The third kappa shape index (κ3) is 3.27. The number of amides is 1. The summed E-state index contributed by atoms with van der Waals surface area (Å²) < 4.78 is 5.19. The van der Waals surface area contributed by atoms with Crippen molar-refractivity contribution in [2.75, 3.05) is 7.11 Å². The van der Waals surface area contributed by atoms with Crippen LogP contribution in [0.5, 0.6) is 5.88 Å². The van der Waals surface area contributed by atoms with Crippen LogP contribution in [0.15, 0.2) is 42.7 Å². The third-order valence-corrected chi connectivity index (χ3v) is 6.98. The highest BCUT2D eigenvalue weighted by Gasteiger charge is 2.47. The largest absolute Gasteiger partial charge is 0.481 e. The number of hydrogen-bond acceptors (Lipinski definition) is 4. The summed E-state index contributed by atoms with van der Waals surface area (Å²) in [6, 6.07) is 10.4. The average molecular weight is 416 g/mol. The maximum atomic E-state index is 13.7. The number of rotatable bonds is 4. The van der Waals surface area contributed by atoms with Crippen LogP contribution in [0.2, 0.25) is 0 Å². The van der Waals surface area contributed by atoms with Crippen molar-refractivity contribution in [2.45, 2.75) is 64.0 Å². The Bertz CT molecular complexity index is 1130. The Morgan fingerprint density at radius 2 is 1.94 bits per heavy atom. The van der Waals surface area contributed by atoms with Crippen molar-refractivity contribution >= 4 is 16.8 Å². The molecule has 2 aromatic heterocycles. The molecule has 5 heteroatoms. The normalized spacial score (nSPS) is 18.4. The van der Waals surface area contributed by atoms with E-state index in [1.54, 1.807) is 7.11 Å². The van der Waals surface area contributed by atoms with Crippen LogP contribution in [-0.4, -0.2) is 33.9 Å². The molecule has 0 saturated heterocycles. The Labute approximate surface area is 183 Å². The SMILES string of the molecule is COc1ccc(Cc2cc3c(c4ncccc24)C(C)(C)N(C2CCCCC2)C3=O)cn1. The minimum Gasteiger partial charge on any atom is -0.481 e. The van der Waals surface area contributed by atoms with E-state index in [1.165, 1.54) is 19.3 Å². The summed E-state index contributed by atoms with van der Waals surface area (Å²) in [5.41, 5.74) is 4.69. The second-order valence-corrected chi connectivity index (χ2v) is 9.27. The van der Waals surface area contributed by atoms with Gasteiger partial charge in [-0.15, -0.1) is 0 Å². The maximum Gasteiger partial charge on any atom is 0.255 e. The number of hydrogen-bond donors (Lipinski definition) is 0. The molecule has 1 amide bonds. The lowest BCUT2D eigenvalue weighted by Crippen LogP contribution is -2.47. The zero-order chi connectivity index (χ0) is 21.6. The van der Waals surface area contributed by atoms with Crippen molar-refractivity contribution in [1.82, 2.24) is 14.9 Å². The van der Waals surface area contributed by atoms with E-state index in [0.29, 0.717) is 18.3 Å². The predicted molar refractivity (Wildman–Crippen MR) is 121 cm³/mol. The van der Waals surface area contributed by atoms with Crippen LogP contribution in [0.1, 0.15) is 73.0 Å². The summed E-state index contributed by atoms with van der Waals surface area (Å²) >= 11 is 0. The van der Waals surface area contributed by atoms with E-state index < -0.39 is 0 Å². The Morgan fingerprint density at radius 3 is 2.65 bits per heavy atom. The highest BCUT2D eigenvalue weighted by atomic mass is 16.5. The van der Waals surface area contributed by atoms with Gasteiger partial charge in [0.15, 0.2) is 0 Å². The van der Waals surface area contributed by atoms with Crippen LogP contribution in [0.4, 0.5) is 0 Å². The van der Waals surface area contributed by atoms with Gasteiger partial charge in [0.2, 0.25) is 5.88 Å². The highest BCUT2D eigenvalue weighted by molar-refractivity contribution is 6.06. The van der Waals surface area contributed by atoms with E-state index in [4.69, 9.17) is 9.72 Å². The minimum absolute atomic E-state index is 0.161. The summed E-state index contributed by atoms with van der Waals surface area (Å²) in [6.45, 7) is 4.37. The first kappa shape index (κ1) is 20.0.